The Balaban J connectivity index is 2.28. The van der Waals surface area contributed by atoms with Crippen LogP contribution in [0.25, 0.3) is 0 Å². The summed E-state index contributed by atoms with van der Waals surface area (Å²) in [6.45, 7) is 2.37. The van der Waals surface area contributed by atoms with Gasteiger partial charge >= 0.3 is 0 Å². The minimum Gasteiger partial charge on any atom is -0.394 e. The molecular formula is C13H19NO2. The maximum Gasteiger partial charge on any atom is 0.0635 e. The zero-order valence-corrected chi connectivity index (χ0v) is 9.63. The lowest BCUT2D eigenvalue weighted by Gasteiger charge is -2.31. The average Bonchev–Trinajstić information content (AvgIpc) is 2.71. The van der Waals surface area contributed by atoms with Crippen molar-refractivity contribution in [1.29, 1.82) is 0 Å². The number of aryl methyl sites for hydroxylation is 1. The lowest BCUT2D eigenvalue weighted by atomic mass is 10.1. The minimum atomic E-state index is 0.152. The molecule has 0 aliphatic carbocycles. The normalized spacial score (nSPS) is 25.1. The second kappa shape index (κ2) is 4.85. The van der Waals surface area contributed by atoms with Crippen LogP contribution in [-0.4, -0.2) is 35.5 Å². The molecular weight excluding hydrogens is 202 g/mol. The fourth-order valence-corrected chi connectivity index (χ4v) is 2.53. The predicted molar refractivity (Wildman–Crippen MR) is 64.6 cm³/mol. The summed E-state index contributed by atoms with van der Waals surface area (Å²) in [7, 11) is 0. The van der Waals surface area contributed by atoms with Crippen LogP contribution >= 0.6 is 0 Å². The van der Waals surface area contributed by atoms with Gasteiger partial charge in [0, 0.05) is 5.69 Å². The van der Waals surface area contributed by atoms with Crippen LogP contribution in [0.15, 0.2) is 24.3 Å². The van der Waals surface area contributed by atoms with Gasteiger partial charge in [0.25, 0.3) is 0 Å². The van der Waals surface area contributed by atoms with Gasteiger partial charge in [-0.1, -0.05) is 12.1 Å². The topological polar surface area (TPSA) is 43.7 Å². The van der Waals surface area contributed by atoms with Crippen molar-refractivity contribution in [2.24, 2.45) is 0 Å². The van der Waals surface area contributed by atoms with E-state index in [0.717, 1.165) is 18.5 Å². The predicted octanol–water partition coefficient (Wildman–Crippen LogP) is 1.32. The number of aliphatic hydroxyl groups excluding tert-OH is 2. The van der Waals surface area contributed by atoms with Crippen LogP contribution in [0.4, 0.5) is 5.69 Å². The van der Waals surface area contributed by atoms with Crippen molar-refractivity contribution in [2.75, 3.05) is 18.1 Å². The van der Waals surface area contributed by atoms with E-state index in [0.29, 0.717) is 0 Å². The van der Waals surface area contributed by atoms with Crippen molar-refractivity contribution in [3.8, 4) is 0 Å². The maximum atomic E-state index is 9.36. The molecule has 2 atom stereocenters. The Bertz CT molecular complexity index is 342. The summed E-state index contributed by atoms with van der Waals surface area (Å²) in [4.78, 5) is 2.16. The third-order valence-electron chi connectivity index (χ3n) is 3.34. The van der Waals surface area contributed by atoms with E-state index in [1.165, 1.54) is 5.56 Å². The van der Waals surface area contributed by atoms with Gasteiger partial charge in [0.2, 0.25) is 0 Å². The smallest absolute Gasteiger partial charge is 0.0635 e. The third-order valence-corrected chi connectivity index (χ3v) is 3.34. The number of rotatable bonds is 3. The monoisotopic (exact) mass is 221 g/mol. The molecule has 16 heavy (non-hydrogen) atoms. The van der Waals surface area contributed by atoms with Crippen LogP contribution in [0.3, 0.4) is 0 Å². The molecule has 1 heterocycles. The Morgan fingerprint density at radius 3 is 2.31 bits per heavy atom. The first-order valence-electron chi connectivity index (χ1n) is 5.83. The number of anilines is 1. The number of aliphatic hydroxyl groups is 2. The summed E-state index contributed by atoms with van der Waals surface area (Å²) in [6, 6.07) is 8.53. The SMILES string of the molecule is Cc1cccc(N2C(CO)CCC2CO)c1. The molecule has 0 saturated carbocycles. The van der Waals surface area contributed by atoms with E-state index in [1.54, 1.807) is 0 Å². The molecule has 3 nitrogen and oxygen atoms in total. The Morgan fingerprint density at radius 1 is 1.19 bits per heavy atom. The second-order valence-electron chi connectivity index (χ2n) is 4.50. The zero-order valence-electron chi connectivity index (χ0n) is 9.63. The molecule has 1 aliphatic heterocycles. The zero-order chi connectivity index (χ0) is 11.5. The molecule has 2 unspecified atom stereocenters. The Morgan fingerprint density at radius 2 is 1.81 bits per heavy atom. The highest BCUT2D eigenvalue weighted by molar-refractivity contribution is 5.51. The summed E-state index contributed by atoms with van der Waals surface area (Å²) in [5.41, 5.74) is 2.31. The molecule has 0 radical (unpaired) electrons. The van der Waals surface area contributed by atoms with Gasteiger partial charge in [-0.2, -0.15) is 0 Å². The van der Waals surface area contributed by atoms with Gasteiger partial charge in [0.05, 0.1) is 25.3 Å². The van der Waals surface area contributed by atoms with Gasteiger partial charge in [-0.25, -0.2) is 0 Å². The lowest BCUT2D eigenvalue weighted by molar-refractivity contribution is 0.248. The van der Waals surface area contributed by atoms with E-state index in [4.69, 9.17) is 0 Å². The molecule has 1 aliphatic rings. The molecule has 3 heteroatoms. The highest BCUT2D eigenvalue weighted by Crippen LogP contribution is 2.30. The van der Waals surface area contributed by atoms with Crippen molar-refractivity contribution in [3.63, 3.8) is 0 Å². The molecule has 0 bridgehead atoms. The summed E-state index contributed by atoms with van der Waals surface area (Å²) in [6.07, 6.45) is 1.91. The first-order valence-corrected chi connectivity index (χ1v) is 5.83. The number of hydrogen-bond acceptors (Lipinski definition) is 3. The Hall–Kier alpha value is -1.06. The minimum absolute atomic E-state index is 0.152. The summed E-state index contributed by atoms with van der Waals surface area (Å²) in [5, 5.41) is 18.7. The Labute approximate surface area is 96.3 Å². The van der Waals surface area contributed by atoms with Gasteiger partial charge in [-0.05, 0) is 37.5 Å². The quantitative estimate of drug-likeness (QED) is 0.809. The molecule has 1 aromatic rings. The molecule has 1 saturated heterocycles. The summed E-state index contributed by atoms with van der Waals surface area (Å²) in [5.74, 6) is 0. The summed E-state index contributed by atoms with van der Waals surface area (Å²) < 4.78 is 0. The van der Waals surface area contributed by atoms with Crippen molar-refractivity contribution < 1.29 is 10.2 Å². The molecule has 2 rings (SSSR count). The van der Waals surface area contributed by atoms with Gasteiger partial charge in [0.15, 0.2) is 0 Å². The fourth-order valence-electron chi connectivity index (χ4n) is 2.53. The van der Waals surface area contributed by atoms with E-state index in [1.807, 2.05) is 12.1 Å². The van der Waals surface area contributed by atoms with E-state index in [2.05, 4.69) is 24.0 Å². The first kappa shape index (κ1) is 11.4. The average molecular weight is 221 g/mol. The van der Waals surface area contributed by atoms with Crippen LogP contribution in [0, 0.1) is 6.92 Å². The number of hydrogen-bond donors (Lipinski definition) is 2. The molecule has 88 valence electrons. The van der Waals surface area contributed by atoms with Gasteiger partial charge < -0.3 is 15.1 Å². The molecule has 1 aromatic carbocycles. The maximum absolute atomic E-state index is 9.36. The van der Waals surface area contributed by atoms with Gasteiger partial charge in [-0.15, -0.1) is 0 Å². The van der Waals surface area contributed by atoms with E-state index in [-0.39, 0.29) is 25.3 Å². The van der Waals surface area contributed by atoms with Crippen LogP contribution in [0.2, 0.25) is 0 Å². The van der Waals surface area contributed by atoms with E-state index < -0.39 is 0 Å². The van der Waals surface area contributed by atoms with Crippen LogP contribution < -0.4 is 4.90 Å². The largest absolute Gasteiger partial charge is 0.394 e. The highest BCUT2D eigenvalue weighted by atomic mass is 16.3. The summed E-state index contributed by atoms with van der Waals surface area (Å²) >= 11 is 0. The molecule has 0 aromatic heterocycles. The third kappa shape index (κ3) is 2.06. The van der Waals surface area contributed by atoms with Crippen molar-refractivity contribution in [1.82, 2.24) is 0 Å². The van der Waals surface area contributed by atoms with E-state index >= 15 is 0 Å². The second-order valence-corrected chi connectivity index (χ2v) is 4.50. The molecule has 0 amide bonds. The Kier molecular flexibility index (Phi) is 3.46. The first-order chi connectivity index (χ1) is 7.76. The number of benzene rings is 1. The van der Waals surface area contributed by atoms with Gasteiger partial charge in [-0.3, -0.25) is 0 Å². The van der Waals surface area contributed by atoms with Crippen molar-refractivity contribution in [2.45, 2.75) is 31.8 Å². The molecule has 1 fully saturated rings. The standard InChI is InChI=1S/C13H19NO2/c1-10-3-2-4-11(7-10)14-12(8-15)5-6-13(14)9-16/h2-4,7,12-13,15-16H,5-6,8-9H2,1H3. The van der Waals surface area contributed by atoms with Crippen LogP contribution in [-0.2, 0) is 0 Å². The number of nitrogens with zero attached hydrogens (tertiary/aromatic N) is 1. The highest BCUT2D eigenvalue weighted by Gasteiger charge is 2.32. The van der Waals surface area contributed by atoms with Gasteiger partial charge in [0.1, 0.15) is 0 Å². The fraction of sp³-hybridized carbons (Fsp3) is 0.538. The van der Waals surface area contributed by atoms with E-state index in [9.17, 15) is 10.2 Å². The van der Waals surface area contributed by atoms with Crippen LogP contribution in [0.5, 0.6) is 0 Å². The lowest BCUT2D eigenvalue weighted by Crippen LogP contribution is -2.40. The molecule has 2 N–H and O–H groups in total. The van der Waals surface area contributed by atoms with Crippen LogP contribution in [0.1, 0.15) is 18.4 Å². The van der Waals surface area contributed by atoms with Crippen molar-refractivity contribution in [3.05, 3.63) is 29.8 Å². The van der Waals surface area contributed by atoms with Crippen molar-refractivity contribution >= 4 is 5.69 Å². The molecule has 0 spiro atoms.